The minimum atomic E-state index is -0.375. The Balaban J connectivity index is 1.84. The molecule has 0 spiro atoms. The number of piperidine rings is 1. The molecule has 0 aliphatic carbocycles. The number of rotatable bonds is 6. The van der Waals surface area contributed by atoms with Gasteiger partial charge in [0.15, 0.2) is 0 Å². The lowest BCUT2D eigenvalue weighted by atomic mass is 10.0. The van der Waals surface area contributed by atoms with Gasteiger partial charge in [-0.1, -0.05) is 13.0 Å². The quantitative estimate of drug-likeness (QED) is 0.747. The van der Waals surface area contributed by atoms with E-state index in [1.165, 1.54) is 6.07 Å². The van der Waals surface area contributed by atoms with Crippen LogP contribution in [-0.2, 0) is 0 Å². The van der Waals surface area contributed by atoms with Crippen molar-refractivity contribution in [3.8, 4) is 0 Å². The lowest BCUT2D eigenvalue weighted by Crippen LogP contribution is -2.51. The fourth-order valence-corrected chi connectivity index (χ4v) is 2.97. The molecule has 1 fully saturated rings. The lowest BCUT2D eigenvalue weighted by Gasteiger charge is -2.35. The molecule has 2 amide bonds. The summed E-state index contributed by atoms with van der Waals surface area (Å²) in [7, 11) is 0. The van der Waals surface area contributed by atoms with Gasteiger partial charge in [-0.15, -0.1) is 0 Å². The molecular formula is C18H28FN3O2. The Morgan fingerprint density at radius 1 is 1.50 bits per heavy atom. The summed E-state index contributed by atoms with van der Waals surface area (Å²) in [5, 5.41) is 15.2. The van der Waals surface area contributed by atoms with Gasteiger partial charge < -0.3 is 20.6 Å². The second-order valence-electron chi connectivity index (χ2n) is 6.49. The molecule has 0 bridgehead atoms. The Kier molecular flexibility index (Phi) is 6.85. The highest BCUT2D eigenvalue weighted by Crippen LogP contribution is 2.24. The first-order chi connectivity index (χ1) is 11.5. The number of aryl methyl sites for hydroxylation is 1. The van der Waals surface area contributed by atoms with Crippen LogP contribution >= 0.6 is 0 Å². The minimum absolute atomic E-state index is 0.00485. The van der Waals surface area contributed by atoms with Crippen molar-refractivity contribution >= 4 is 11.7 Å². The van der Waals surface area contributed by atoms with Crippen molar-refractivity contribution in [2.24, 2.45) is 0 Å². The van der Waals surface area contributed by atoms with E-state index in [1.54, 1.807) is 6.07 Å². The molecule has 5 nitrogen and oxygen atoms in total. The molecule has 2 unspecified atom stereocenters. The van der Waals surface area contributed by atoms with Crippen LogP contribution in [0.4, 0.5) is 14.9 Å². The van der Waals surface area contributed by atoms with Gasteiger partial charge in [-0.05, 0) is 50.3 Å². The van der Waals surface area contributed by atoms with E-state index in [4.69, 9.17) is 0 Å². The van der Waals surface area contributed by atoms with Gasteiger partial charge in [-0.3, -0.25) is 0 Å². The maximum atomic E-state index is 14.1. The highest BCUT2D eigenvalue weighted by atomic mass is 19.1. The molecule has 134 valence electrons. The first kappa shape index (κ1) is 18.5. The van der Waals surface area contributed by atoms with Crippen LogP contribution in [0.1, 0.15) is 38.2 Å². The molecule has 1 heterocycles. The summed E-state index contributed by atoms with van der Waals surface area (Å²) in [6.07, 6.45) is 2.65. The predicted molar refractivity (Wildman–Crippen MR) is 93.8 cm³/mol. The van der Waals surface area contributed by atoms with Gasteiger partial charge >= 0.3 is 6.03 Å². The first-order valence-corrected chi connectivity index (χ1v) is 8.73. The number of urea groups is 1. The molecule has 0 aromatic heterocycles. The number of hydrogen-bond donors (Lipinski definition) is 3. The minimum Gasteiger partial charge on any atom is -0.393 e. The zero-order valence-electron chi connectivity index (χ0n) is 14.5. The van der Waals surface area contributed by atoms with Gasteiger partial charge in [0.2, 0.25) is 0 Å². The van der Waals surface area contributed by atoms with Crippen molar-refractivity contribution < 1.29 is 14.3 Å². The summed E-state index contributed by atoms with van der Waals surface area (Å²) in [6.45, 7) is 5.70. The van der Waals surface area contributed by atoms with Crippen LogP contribution in [0.5, 0.6) is 0 Å². The van der Waals surface area contributed by atoms with E-state index in [1.807, 2.05) is 24.8 Å². The number of hydrogen-bond acceptors (Lipinski definition) is 3. The second kappa shape index (κ2) is 8.87. The molecule has 1 aromatic rings. The maximum absolute atomic E-state index is 14.1. The first-order valence-electron chi connectivity index (χ1n) is 8.73. The van der Waals surface area contributed by atoms with E-state index in [0.717, 1.165) is 24.9 Å². The third kappa shape index (κ3) is 5.37. The van der Waals surface area contributed by atoms with E-state index in [0.29, 0.717) is 31.6 Å². The fraction of sp³-hybridized carbons (Fsp3) is 0.611. The van der Waals surface area contributed by atoms with Gasteiger partial charge in [-0.2, -0.15) is 0 Å². The molecule has 0 saturated carbocycles. The van der Waals surface area contributed by atoms with Crippen LogP contribution < -0.4 is 15.5 Å². The summed E-state index contributed by atoms with van der Waals surface area (Å²) in [5.41, 5.74) is 1.63. The number of carbonyl (C=O) groups excluding carboxylic acids is 1. The van der Waals surface area contributed by atoms with Gasteiger partial charge in [-0.25, -0.2) is 9.18 Å². The Morgan fingerprint density at radius 2 is 2.29 bits per heavy atom. The zero-order chi connectivity index (χ0) is 17.5. The number of aliphatic hydroxyl groups excluding tert-OH is 1. The van der Waals surface area contributed by atoms with Crippen molar-refractivity contribution in [3.63, 3.8) is 0 Å². The number of carbonyl (C=O) groups is 1. The van der Waals surface area contributed by atoms with E-state index in [-0.39, 0.29) is 24.0 Å². The molecule has 6 heteroatoms. The standard InChI is InChI=1S/C18H28FN3O2/c1-3-15(23)8-9-20-18(24)21-14-5-4-10-22(12-14)17-11-13(2)6-7-16(17)19/h6-7,11,14-15,23H,3-5,8-10,12H2,1-2H3,(H2,20,21,24). The zero-order valence-corrected chi connectivity index (χ0v) is 14.5. The summed E-state index contributed by atoms with van der Waals surface area (Å²) in [5.74, 6) is -0.223. The van der Waals surface area contributed by atoms with Gasteiger partial charge in [0.05, 0.1) is 11.8 Å². The molecule has 1 aromatic carbocycles. The van der Waals surface area contributed by atoms with Gasteiger partial charge in [0, 0.05) is 25.7 Å². The topological polar surface area (TPSA) is 64.6 Å². The number of halogens is 1. The van der Waals surface area contributed by atoms with Crippen LogP contribution in [0.25, 0.3) is 0 Å². The SMILES string of the molecule is CCC(O)CCNC(=O)NC1CCCN(c2cc(C)ccc2F)C1. The summed E-state index contributed by atoms with van der Waals surface area (Å²) in [4.78, 5) is 13.9. The lowest BCUT2D eigenvalue weighted by molar-refractivity contribution is 0.160. The molecule has 1 aliphatic rings. The second-order valence-corrected chi connectivity index (χ2v) is 6.49. The highest BCUT2D eigenvalue weighted by Gasteiger charge is 2.23. The van der Waals surface area contributed by atoms with E-state index >= 15 is 0 Å². The van der Waals surface area contributed by atoms with Crippen LogP contribution in [-0.4, -0.2) is 42.9 Å². The van der Waals surface area contributed by atoms with Crippen molar-refractivity contribution in [1.82, 2.24) is 10.6 Å². The Hall–Kier alpha value is -1.82. The summed E-state index contributed by atoms with van der Waals surface area (Å²) >= 11 is 0. The highest BCUT2D eigenvalue weighted by molar-refractivity contribution is 5.74. The summed E-state index contributed by atoms with van der Waals surface area (Å²) in [6, 6.07) is 4.87. The third-order valence-electron chi connectivity index (χ3n) is 4.43. The predicted octanol–water partition coefficient (Wildman–Crippen LogP) is 2.56. The third-order valence-corrected chi connectivity index (χ3v) is 4.43. The molecule has 3 N–H and O–H groups in total. The molecular weight excluding hydrogens is 309 g/mol. The molecule has 2 atom stereocenters. The number of nitrogens with zero attached hydrogens (tertiary/aromatic N) is 1. The van der Waals surface area contributed by atoms with Crippen LogP contribution in [0, 0.1) is 12.7 Å². The Labute approximate surface area is 143 Å². The van der Waals surface area contributed by atoms with Crippen LogP contribution in [0.2, 0.25) is 0 Å². The number of nitrogens with one attached hydrogen (secondary N) is 2. The smallest absolute Gasteiger partial charge is 0.315 e. The maximum Gasteiger partial charge on any atom is 0.315 e. The average molecular weight is 337 g/mol. The summed E-state index contributed by atoms with van der Waals surface area (Å²) < 4.78 is 14.1. The number of aliphatic hydroxyl groups is 1. The van der Waals surface area contributed by atoms with Crippen LogP contribution in [0.3, 0.4) is 0 Å². The fourth-order valence-electron chi connectivity index (χ4n) is 2.97. The largest absolute Gasteiger partial charge is 0.393 e. The molecule has 0 radical (unpaired) electrons. The number of amides is 2. The molecule has 24 heavy (non-hydrogen) atoms. The van der Waals surface area contributed by atoms with Crippen molar-refractivity contribution in [2.75, 3.05) is 24.5 Å². The Bertz CT molecular complexity index is 553. The number of benzene rings is 1. The molecule has 1 saturated heterocycles. The van der Waals surface area contributed by atoms with E-state index < -0.39 is 0 Å². The normalized spacial score (nSPS) is 19.0. The van der Waals surface area contributed by atoms with Crippen LogP contribution in [0.15, 0.2) is 18.2 Å². The van der Waals surface area contributed by atoms with E-state index in [9.17, 15) is 14.3 Å². The van der Waals surface area contributed by atoms with Gasteiger partial charge in [0.25, 0.3) is 0 Å². The van der Waals surface area contributed by atoms with E-state index in [2.05, 4.69) is 10.6 Å². The average Bonchev–Trinajstić information content (AvgIpc) is 2.57. The monoisotopic (exact) mass is 337 g/mol. The van der Waals surface area contributed by atoms with Crippen molar-refractivity contribution in [1.29, 1.82) is 0 Å². The van der Waals surface area contributed by atoms with Crippen molar-refractivity contribution in [2.45, 2.75) is 51.7 Å². The molecule has 2 rings (SSSR count). The van der Waals surface area contributed by atoms with Gasteiger partial charge in [0.1, 0.15) is 5.82 Å². The Morgan fingerprint density at radius 3 is 3.04 bits per heavy atom. The number of anilines is 1. The van der Waals surface area contributed by atoms with Crippen molar-refractivity contribution in [3.05, 3.63) is 29.6 Å². The molecule has 1 aliphatic heterocycles.